The predicted molar refractivity (Wildman–Crippen MR) is 60.3 cm³/mol. The number of ether oxygens (including phenoxy) is 1. The van der Waals surface area contributed by atoms with Crippen LogP contribution < -0.4 is 15.4 Å². The van der Waals surface area contributed by atoms with Gasteiger partial charge in [0.15, 0.2) is 11.6 Å². The van der Waals surface area contributed by atoms with Gasteiger partial charge >= 0.3 is 0 Å². The van der Waals surface area contributed by atoms with E-state index in [4.69, 9.17) is 4.74 Å². The van der Waals surface area contributed by atoms with Crippen molar-refractivity contribution in [3.8, 4) is 5.75 Å². The van der Waals surface area contributed by atoms with Gasteiger partial charge in [-0.1, -0.05) is 0 Å². The van der Waals surface area contributed by atoms with Gasteiger partial charge in [-0.25, -0.2) is 4.98 Å². The summed E-state index contributed by atoms with van der Waals surface area (Å²) in [5, 5.41) is 6.76. The maximum atomic E-state index is 5.24. The first-order valence-corrected chi connectivity index (χ1v) is 5.36. The van der Waals surface area contributed by atoms with Gasteiger partial charge in [0.2, 0.25) is 0 Å². The second-order valence-corrected chi connectivity index (χ2v) is 3.74. The third kappa shape index (κ3) is 2.59. The minimum Gasteiger partial charge on any atom is -0.493 e. The minimum atomic E-state index is 0.461. The molecule has 0 unspecified atom stereocenters. The number of rotatable bonds is 3. The largest absolute Gasteiger partial charge is 0.493 e. The van der Waals surface area contributed by atoms with Gasteiger partial charge in [0.1, 0.15) is 0 Å². The number of aromatic nitrogens is 1. The zero-order valence-corrected chi connectivity index (χ0v) is 8.99. The number of hydrogen-bond acceptors (Lipinski definition) is 4. The second kappa shape index (κ2) is 4.98. The Hall–Kier alpha value is -1.29. The first-order valence-electron chi connectivity index (χ1n) is 5.36. The van der Waals surface area contributed by atoms with Crippen LogP contribution in [0.25, 0.3) is 0 Å². The summed E-state index contributed by atoms with van der Waals surface area (Å²) >= 11 is 0. The Morgan fingerprint density at radius 2 is 2.53 bits per heavy atom. The highest BCUT2D eigenvalue weighted by Crippen LogP contribution is 2.21. The Kier molecular flexibility index (Phi) is 3.40. The number of pyridine rings is 1. The van der Waals surface area contributed by atoms with Crippen LogP contribution in [0.2, 0.25) is 0 Å². The summed E-state index contributed by atoms with van der Waals surface area (Å²) < 4.78 is 5.24. The number of piperidine rings is 1. The van der Waals surface area contributed by atoms with Gasteiger partial charge in [0.05, 0.1) is 7.11 Å². The predicted octanol–water partition coefficient (Wildman–Crippen LogP) is 1.25. The standard InChI is InChI=1S/C11H17N3O/c1-15-10-5-3-7-13-11(10)14-9-4-2-6-12-8-9/h3,5,7,9,12H,2,4,6,8H2,1H3,(H,13,14)/t9-/m1/s1. The molecule has 2 rings (SSSR count). The van der Waals surface area contributed by atoms with Gasteiger partial charge in [-0.2, -0.15) is 0 Å². The summed E-state index contributed by atoms with van der Waals surface area (Å²) in [7, 11) is 1.67. The first kappa shape index (κ1) is 10.2. The fourth-order valence-electron chi connectivity index (χ4n) is 1.83. The van der Waals surface area contributed by atoms with Crippen molar-refractivity contribution in [3.63, 3.8) is 0 Å². The normalized spacial score (nSPS) is 21.0. The molecule has 0 aliphatic carbocycles. The van der Waals surface area contributed by atoms with Gasteiger partial charge in [0.25, 0.3) is 0 Å². The molecular formula is C11H17N3O. The van der Waals surface area contributed by atoms with Crippen LogP contribution >= 0.6 is 0 Å². The Morgan fingerprint density at radius 3 is 3.27 bits per heavy atom. The van der Waals surface area contributed by atoms with Crippen LogP contribution in [-0.2, 0) is 0 Å². The lowest BCUT2D eigenvalue weighted by molar-refractivity contribution is 0.412. The molecule has 2 heterocycles. The molecule has 0 bridgehead atoms. The average Bonchev–Trinajstić information content (AvgIpc) is 2.31. The molecule has 1 aromatic heterocycles. The lowest BCUT2D eigenvalue weighted by Gasteiger charge is -2.24. The molecule has 82 valence electrons. The zero-order valence-electron chi connectivity index (χ0n) is 8.99. The summed E-state index contributed by atoms with van der Waals surface area (Å²) in [6, 6.07) is 4.26. The molecule has 1 fully saturated rings. The summed E-state index contributed by atoms with van der Waals surface area (Å²) in [5.74, 6) is 1.65. The Bertz CT molecular complexity index is 310. The van der Waals surface area contributed by atoms with Gasteiger partial charge in [-0.15, -0.1) is 0 Å². The summed E-state index contributed by atoms with van der Waals surface area (Å²) in [4.78, 5) is 4.28. The molecule has 15 heavy (non-hydrogen) atoms. The molecule has 0 aromatic carbocycles. The molecule has 0 saturated carbocycles. The third-order valence-corrected chi connectivity index (χ3v) is 2.63. The zero-order chi connectivity index (χ0) is 10.5. The molecule has 1 saturated heterocycles. The van der Waals surface area contributed by atoms with Gasteiger partial charge in [0, 0.05) is 18.8 Å². The lowest BCUT2D eigenvalue weighted by atomic mass is 10.1. The molecule has 4 heteroatoms. The highest BCUT2D eigenvalue weighted by atomic mass is 16.5. The third-order valence-electron chi connectivity index (χ3n) is 2.63. The van der Waals surface area contributed by atoms with E-state index < -0.39 is 0 Å². The SMILES string of the molecule is COc1cccnc1N[C@@H]1CCCNC1. The van der Waals surface area contributed by atoms with Crippen LogP contribution in [0.1, 0.15) is 12.8 Å². The van der Waals surface area contributed by atoms with E-state index in [2.05, 4.69) is 15.6 Å². The Labute approximate surface area is 90.0 Å². The van der Waals surface area contributed by atoms with Crippen LogP contribution in [0.15, 0.2) is 18.3 Å². The average molecular weight is 207 g/mol. The molecule has 0 spiro atoms. The minimum absolute atomic E-state index is 0.461. The molecule has 0 radical (unpaired) electrons. The van der Waals surface area contributed by atoms with E-state index in [0.717, 1.165) is 24.7 Å². The van der Waals surface area contributed by atoms with E-state index in [-0.39, 0.29) is 0 Å². The second-order valence-electron chi connectivity index (χ2n) is 3.74. The van der Waals surface area contributed by atoms with Gasteiger partial charge < -0.3 is 15.4 Å². The molecule has 0 amide bonds. The maximum Gasteiger partial charge on any atom is 0.168 e. The molecule has 1 atom stereocenters. The fraction of sp³-hybridized carbons (Fsp3) is 0.545. The van der Waals surface area contributed by atoms with Crippen molar-refractivity contribution in [1.29, 1.82) is 0 Å². The van der Waals surface area contributed by atoms with E-state index in [9.17, 15) is 0 Å². The van der Waals surface area contributed by atoms with Crippen LogP contribution in [0.3, 0.4) is 0 Å². The van der Waals surface area contributed by atoms with Crippen LogP contribution in [0, 0.1) is 0 Å². The summed E-state index contributed by atoms with van der Waals surface area (Å²) in [6.07, 6.45) is 4.18. The number of nitrogens with zero attached hydrogens (tertiary/aromatic N) is 1. The van der Waals surface area contributed by atoms with E-state index in [1.54, 1.807) is 13.3 Å². The molecule has 1 aliphatic rings. The van der Waals surface area contributed by atoms with Crippen molar-refractivity contribution in [1.82, 2.24) is 10.3 Å². The highest BCUT2D eigenvalue weighted by Gasteiger charge is 2.14. The number of anilines is 1. The van der Waals surface area contributed by atoms with Crippen molar-refractivity contribution in [2.45, 2.75) is 18.9 Å². The monoisotopic (exact) mass is 207 g/mol. The quantitative estimate of drug-likeness (QED) is 0.783. The van der Waals surface area contributed by atoms with E-state index in [0.29, 0.717) is 6.04 Å². The number of methoxy groups -OCH3 is 1. The molecule has 1 aliphatic heterocycles. The highest BCUT2D eigenvalue weighted by molar-refractivity contribution is 5.50. The molecule has 4 nitrogen and oxygen atoms in total. The van der Waals surface area contributed by atoms with E-state index in [1.807, 2.05) is 12.1 Å². The van der Waals surface area contributed by atoms with Crippen LogP contribution in [0.4, 0.5) is 5.82 Å². The van der Waals surface area contributed by atoms with Crippen molar-refractivity contribution < 1.29 is 4.74 Å². The van der Waals surface area contributed by atoms with Crippen molar-refractivity contribution in [3.05, 3.63) is 18.3 Å². The van der Waals surface area contributed by atoms with Crippen molar-refractivity contribution in [2.24, 2.45) is 0 Å². The van der Waals surface area contributed by atoms with Crippen LogP contribution in [-0.4, -0.2) is 31.2 Å². The van der Waals surface area contributed by atoms with Crippen molar-refractivity contribution in [2.75, 3.05) is 25.5 Å². The number of nitrogens with one attached hydrogen (secondary N) is 2. The Balaban J connectivity index is 2.02. The van der Waals surface area contributed by atoms with Crippen LogP contribution in [0.5, 0.6) is 5.75 Å². The van der Waals surface area contributed by atoms with E-state index >= 15 is 0 Å². The number of hydrogen-bond donors (Lipinski definition) is 2. The molecule has 2 N–H and O–H groups in total. The lowest BCUT2D eigenvalue weighted by Crippen LogP contribution is -2.38. The maximum absolute atomic E-state index is 5.24. The van der Waals surface area contributed by atoms with Gasteiger partial charge in [-0.3, -0.25) is 0 Å². The smallest absolute Gasteiger partial charge is 0.168 e. The van der Waals surface area contributed by atoms with Gasteiger partial charge in [-0.05, 0) is 31.5 Å². The summed E-state index contributed by atoms with van der Waals surface area (Å²) in [6.45, 7) is 2.12. The molecular weight excluding hydrogens is 190 g/mol. The summed E-state index contributed by atoms with van der Waals surface area (Å²) in [5.41, 5.74) is 0. The molecule has 1 aromatic rings. The first-order chi connectivity index (χ1) is 7.40. The Morgan fingerprint density at radius 1 is 1.60 bits per heavy atom. The van der Waals surface area contributed by atoms with Crippen molar-refractivity contribution >= 4 is 5.82 Å². The fourth-order valence-corrected chi connectivity index (χ4v) is 1.83. The topological polar surface area (TPSA) is 46.2 Å². The van der Waals surface area contributed by atoms with E-state index in [1.165, 1.54) is 12.8 Å².